The molecule has 3 N–H and O–H groups in total. The first kappa shape index (κ1) is 10.2. The zero-order chi connectivity index (χ0) is 9.84. The lowest BCUT2D eigenvalue weighted by Gasteiger charge is -2.07. The van der Waals surface area contributed by atoms with Gasteiger partial charge >= 0.3 is 5.97 Å². The first-order valence-corrected chi connectivity index (χ1v) is 4.48. The molecular formula is C9H15NO3. The number of nitrogens with two attached hydrogens (primary N) is 1. The first-order valence-electron chi connectivity index (χ1n) is 4.48. The maximum absolute atomic E-state index is 11.2. The maximum Gasteiger partial charge on any atom is 0.318 e. The minimum absolute atomic E-state index is 0.169. The third-order valence-electron chi connectivity index (χ3n) is 2.05. The molecule has 0 bridgehead atoms. The summed E-state index contributed by atoms with van der Waals surface area (Å²) in [5.74, 6) is -0.00991. The summed E-state index contributed by atoms with van der Waals surface area (Å²) >= 11 is 0. The van der Waals surface area contributed by atoms with Crippen molar-refractivity contribution < 1.29 is 14.6 Å². The molecular weight excluding hydrogens is 170 g/mol. The van der Waals surface area contributed by atoms with E-state index in [9.17, 15) is 4.79 Å². The lowest BCUT2D eigenvalue weighted by Crippen LogP contribution is -2.27. The molecule has 0 aromatic heterocycles. The second-order valence-corrected chi connectivity index (χ2v) is 3.17. The molecule has 1 aliphatic heterocycles. The number of rotatable bonds is 4. The van der Waals surface area contributed by atoms with Gasteiger partial charge in [0.15, 0.2) is 0 Å². The fourth-order valence-electron chi connectivity index (χ4n) is 1.29. The normalized spacial score (nSPS) is 24.1. The molecule has 0 unspecified atom stereocenters. The second kappa shape index (κ2) is 4.39. The molecule has 1 aliphatic rings. The lowest BCUT2D eigenvalue weighted by molar-refractivity contribution is -0.140. The molecule has 2 atom stereocenters. The number of hydrogen-bond donors (Lipinski definition) is 2. The van der Waals surface area contributed by atoms with Crippen molar-refractivity contribution in [2.75, 3.05) is 6.61 Å². The molecule has 13 heavy (non-hydrogen) atoms. The van der Waals surface area contributed by atoms with Gasteiger partial charge in [0, 0.05) is 0 Å². The first-order chi connectivity index (χ1) is 6.19. The number of ether oxygens (including phenoxy) is 1. The molecule has 0 saturated carbocycles. The van der Waals surface area contributed by atoms with Crippen LogP contribution in [0, 0.1) is 5.92 Å². The largest absolute Gasteiger partial charge is 0.429 e. The van der Waals surface area contributed by atoms with E-state index in [-0.39, 0.29) is 18.5 Å². The van der Waals surface area contributed by atoms with Gasteiger partial charge in [0.1, 0.15) is 5.76 Å². The Morgan fingerprint density at radius 1 is 1.77 bits per heavy atom. The average Bonchev–Trinajstić information content (AvgIpc) is 2.47. The molecule has 0 saturated heterocycles. The standard InChI is InChI=1S/C9H15NO3/c1-2-3-6-4-8(7(10)5-11)13-9(6)12/h4,6-7,11H,2-3,5,10H2,1H3/t6-,7+/m1/s1. The second-order valence-electron chi connectivity index (χ2n) is 3.17. The van der Waals surface area contributed by atoms with Crippen LogP contribution in [0.2, 0.25) is 0 Å². The Bertz CT molecular complexity index is 225. The van der Waals surface area contributed by atoms with Crippen LogP contribution in [-0.2, 0) is 9.53 Å². The smallest absolute Gasteiger partial charge is 0.318 e. The highest BCUT2D eigenvalue weighted by Crippen LogP contribution is 2.23. The van der Waals surface area contributed by atoms with Gasteiger partial charge in [-0.2, -0.15) is 0 Å². The Morgan fingerprint density at radius 3 is 3.00 bits per heavy atom. The van der Waals surface area contributed by atoms with Crippen molar-refractivity contribution in [2.24, 2.45) is 11.7 Å². The molecule has 0 amide bonds. The molecule has 1 rings (SSSR count). The van der Waals surface area contributed by atoms with E-state index in [1.807, 2.05) is 6.92 Å². The lowest BCUT2D eigenvalue weighted by atomic mass is 10.0. The molecule has 0 fully saturated rings. The number of cyclic esters (lactones) is 1. The average molecular weight is 185 g/mol. The third kappa shape index (κ3) is 2.29. The van der Waals surface area contributed by atoms with Crippen molar-refractivity contribution in [1.29, 1.82) is 0 Å². The highest BCUT2D eigenvalue weighted by atomic mass is 16.5. The summed E-state index contributed by atoms with van der Waals surface area (Å²) in [7, 11) is 0. The minimum atomic E-state index is -0.564. The summed E-state index contributed by atoms with van der Waals surface area (Å²) in [4.78, 5) is 11.2. The topological polar surface area (TPSA) is 72.6 Å². The highest BCUT2D eigenvalue weighted by Gasteiger charge is 2.28. The Morgan fingerprint density at radius 2 is 2.46 bits per heavy atom. The van der Waals surface area contributed by atoms with E-state index in [2.05, 4.69) is 0 Å². The predicted octanol–water partition coefficient (Wildman–Crippen LogP) is 0.163. The fraction of sp³-hybridized carbons (Fsp3) is 0.667. The Hall–Kier alpha value is -0.870. The van der Waals surface area contributed by atoms with Gasteiger partial charge in [0.05, 0.1) is 18.6 Å². The van der Waals surface area contributed by atoms with Crippen LogP contribution >= 0.6 is 0 Å². The van der Waals surface area contributed by atoms with Crippen LogP contribution in [0.1, 0.15) is 19.8 Å². The van der Waals surface area contributed by atoms with Crippen LogP contribution in [0.4, 0.5) is 0 Å². The van der Waals surface area contributed by atoms with E-state index >= 15 is 0 Å². The SMILES string of the molecule is CCC[C@@H]1C=C([C@@H](N)CO)OC1=O. The van der Waals surface area contributed by atoms with Crippen LogP contribution in [-0.4, -0.2) is 23.7 Å². The third-order valence-corrected chi connectivity index (χ3v) is 2.05. The monoisotopic (exact) mass is 185 g/mol. The van der Waals surface area contributed by atoms with E-state index in [4.69, 9.17) is 15.6 Å². The van der Waals surface area contributed by atoms with E-state index in [0.717, 1.165) is 12.8 Å². The molecule has 0 radical (unpaired) electrons. The molecule has 4 nitrogen and oxygen atoms in total. The van der Waals surface area contributed by atoms with Crippen molar-refractivity contribution in [3.63, 3.8) is 0 Å². The van der Waals surface area contributed by atoms with Gasteiger partial charge in [0.2, 0.25) is 0 Å². The molecule has 0 aromatic carbocycles. The summed E-state index contributed by atoms with van der Waals surface area (Å²) in [6.45, 7) is 1.81. The summed E-state index contributed by atoms with van der Waals surface area (Å²) in [6.07, 6.45) is 3.42. The van der Waals surface area contributed by atoms with Gasteiger partial charge in [-0.25, -0.2) is 0 Å². The molecule has 74 valence electrons. The number of hydrogen-bond acceptors (Lipinski definition) is 4. The number of aliphatic hydroxyl groups is 1. The van der Waals surface area contributed by atoms with Crippen molar-refractivity contribution in [1.82, 2.24) is 0 Å². The summed E-state index contributed by atoms with van der Waals surface area (Å²) in [6, 6.07) is -0.564. The number of aliphatic hydroxyl groups excluding tert-OH is 1. The van der Waals surface area contributed by atoms with Crippen LogP contribution in [0.15, 0.2) is 11.8 Å². The zero-order valence-electron chi connectivity index (χ0n) is 7.69. The van der Waals surface area contributed by atoms with Gasteiger partial charge in [0.25, 0.3) is 0 Å². The van der Waals surface area contributed by atoms with Gasteiger partial charge in [-0.1, -0.05) is 13.3 Å². The molecule has 1 heterocycles. The Kier molecular flexibility index (Phi) is 3.45. The predicted molar refractivity (Wildman–Crippen MR) is 47.6 cm³/mol. The fourth-order valence-corrected chi connectivity index (χ4v) is 1.29. The van der Waals surface area contributed by atoms with E-state index < -0.39 is 6.04 Å². The van der Waals surface area contributed by atoms with Crippen LogP contribution in [0.3, 0.4) is 0 Å². The Labute approximate surface area is 77.4 Å². The zero-order valence-corrected chi connectivity index (χ0v) is 7.69. The van der Waals surface area contributed by atoms with Gasteiger partial charge in [-0.15, -0.1) is 0 Å². The quantitative estimate of drug-likeness (QED) is 0.612. The number of esters is 1. The van der Waals surface area contributed by atoms with Crippen LogP contribution in [0.5, 0.6) is 0 Å². The summed E-state index contributed by atoms with van der Waals surface area (Å²) in [5, 5.41) is 8.74. The van der Waals surface area contributed by atoms with E-state index in [0.29, 0.717) is 5.76 Å². The van der Waals surface area contributed by atoms with Crippen molar-refractivity contribution in [3.8, 4) is 0 Å². The highest BCUT2D eigenvalue weighted by molar-refractivity contribution is 5.78. The van der Waals surface area contributed by atoms with Crippen molar-refractivity contribution in [2.45, 2.75) is 25.8 Å². The number of carbonyl (C=O) groups is 1. The molecule has 0 aromatic rings. The van der Waals surface area contributed by atoms with Gasteiger partial charge in [-0.05, 0) is 12.5 Å². The molecule has 0 spiro atoms. The molecule has 4 heteroatoms. The minimum Gasteiger partial charge on any atom is -0.429 e. The van der Waals surface area contributed by atoms with E-state index in [1.165, 1.54) is 0 Å². The van der Waals surface area contributed by atoms with Gasteiger partial charge < -0.3 is 15.6 Å². The van der Waals surface area contributed by atoms with Crippen LogP contribution < -0.4 is 5.73 Å². The maximum atomic E-state index is 11.2. The van der Waals surface area contributed by atoms with Crippen molar-refractivity contribution >= 4 is 5.97 Å². The number of carbonyl (C=O) groups excluding carboxylic acids is 1. The van der Waals surface area contributed by atoms with Crippen molar-refractivity contribution in [3.05, 3.63) is 11.8 Å². The summed E-state index contributed by atoms with van der Waals surface area (Å²) in [5.41, 5.74) is 5.50. The molecule has 0 aliphatic carbocycles. The van der Waals surface area contributed by atoms with E-state index in [1.54, 1.807) is 6.08 Å². The van der Waals surface area contributed by atoms with Gasteiger partial charge in [-0.3, -0.25) is 4.79 Å². The van der Waals surface area contributed by atoms with Crippen LogP contribution in [0.25, 0.3) is 0 Å². The summed E-state index contributed by atoms with van der Waals surface area (Å²) < 4.78 is 4.92. The Balaban J connectivity index is 2.60.